The minimum absolute atomic E-state index is 0.00810. The molecule has 0 spiro atoms. The second kappa shape index (κ2) is 5.25. The largest absolute Gasteiger partial charge is 0.379 e. The van der Waals surface area contributed by atoms with Crippen molar-refractivity contribution in [3.05, 3.63) is 33.9 Å². The van der Waals surface area contributed by atoms with Crippen LogP contribution in [-0.2, 0) is 0 Å². The zero-order valence-electron chi connectivity index (χ0n) is 9.27. The number of carbonyl (C=O) groups excluding carboxylic acids is 1. The van der Waals surface area contributed by atoms with E-state index in [-0.39, 0.29) is 5.69 Å². The van der Waals surface area contributed by atoms with Gasteiger partial charge in [-0.2, -0.15) is 0 Å². The molecule has 1 aromatic rings. The fourth-order valence-electron chi connectivity index (χ4n) is 1.24. The molecule has 5 nitrogen and oxygen atoms in total. The number of hydrogen-bond acceptors (Lipinski definition) is 4. The molecule has 0 radical (unpaired) electrons. The van der Waals surface area contributed by atoms with Crippen LogP contribution in [0.2, 0.25) is 0 Å². The number of nitrogens with one attached hydrogen (secondary N) is 1. The number of hydrogen-bond donors (Lipinski definition) is 1. The maximum Gasteiger partial charge on any atom is 0.292 e. The predicted molar refractivity (Wildman–Crippen MR) is 61.8 cm³/mol. The Balaban J connectivity index is 3.00. The summed E-state index contributed by atoms with van der Waals surface area (Å²) in [5, 5.41) is 13.7. The second-order valence-corrected chi connectivity index (χ2v) is 3.93. The highest BCUT2D eigenvalue weighted by Crippen LogP contribution is 2.25. The first-order valence-electron chi connectivity index (χ1n) is 5.02. The van der Waals surface area contributed by atoms with Crippen LogP contribution in [0, 0.1) is 16.0 Å². The average molecular weight is 222 g/mol. The van der Waals surface area contributed by atoms with Crippen LogP contribution in [0.15, 0.2) is 18.2 Å². The van der Waals surface area contributed by atoms with E-state index < -0.39 is 4.92 Å². The molecule has 0 saturated carbocycles. The topological polar surface area (TPSA) is 72.2 Å². The Morgan fingerprint density at radius 1 is 1.50 bits per heavy atom. The van der Waals surface area contributed by atoms with Gasteiger partial charge in [-0.25, -0.2) is 0 Å². The van der Waals surface area contributed by atoms with Crippen molar-refractivity contribution in [1.29, 1.82) is 0 Å². The van der Waals surface area contributed by atoms with E-state index in [4.69, 9.17) is 0 Å². The minimum Gasteiger partial charge on any atom is -0.379 e. The molecule has 86 valence electrons. The lowest BCUT2D eigenvalue weighted by molar-refractivity contribution is -0.384. The van der Waals surface area contributed by atoms with Crippen LogP contribution in [-0.4, -0.2) is 17.8 Å². The summed E-state index contributed by atoms with van der Waals surface area (Å²) in [4.78, 5) is 20.9. The molecule has 0 aliphatic heterocycles. The number of aldehydes is 1. The molecule has 0 saturated heterocycles. The van der Waals surface area contributed by atoms with E-state index in [0.29, 0.717) is 30.0 Å². The number of nitrogens with zero attached hydrogens (tertiary/aromatic N) is 1. The summed E-state index contributed by atoms with van der Waals surface area (Å²) in [7, 11) is 0. The van der Waals surface area contributed by atoms with Crippen molar-refractivity contribution in [2.24, 2.45) is 5.92 Å². The lowest BCUT2D eigenvalue weighted by atomic mass is 10.1. The third-order valence-corrected chi connectivity index (χ3v) is 2.05. The van der Waals surface area contributed by atoms with Crippen LogP contribution < -0.4 is 5.32 Å². The van der Waals surface area contributed by atoms with Gasteiger partial charge in [-0.15, -0.1) is 0 Å². The first-order chi connectivity index (χ1) is 7.54. The Bertz CT molecular complexity index is 402. The highest BCUT2D eigenvalue weighted by atomic mass is 16.6. The SMILES string of the molecule is CC(C)CNc1cc(C=O)ccc1[N+](=O)[O-]. The summed E-state index contributed by atoms with van der Waals surface area (Å²) < 4.78 is 0. The molecule has 0 unspecified atom stereocenters. The highest BCUT2D eigenvalue weighted by Gasteiger charge is 2.13. The lowest BCUT2D eigenvalue weighted by Gasteiger charge is -2.09. The predicted octanol–water partition coefficient (Wildman–Crippen LogP) is 2.48. The van der Waals surface area contributed by atoms with Gasteiger partial charge in [0.1, 0.15) is 12.0 Å². The van der Waals surface area contributed by atoms with Gasteiger partial charge in [0.15, 0.2) is 0 Å². The standard InChI is InChI=1S/C11H14N2O3/c1-8(2)6-12-10-5-9(7-14)3-4-11(10)13(15)16/h3-5,7-8,12H,6H2,1-2H3. The third kappa shape index (κ3) is 3.05. The van der Waals surface area contributed by atoms with Crippen molar-refractivity contribution in [1.82, 2.24) is 0 Å². The summed E-state index contributed by atoms with van der Waals surface area (Å²) >= 11 is 0. The fraction of sp³-hybridized carbons (Fsp3) is 0.364. The van der Waals surface area contributed by atoms with Gasteiger partial charge in [0.2, 0.25) is 0 Å². The monoisotopic (exact) mass is 222 g/mol. The van der Waals surface area contributed by atoms with Crippen LogP contribution in [0.25, 0.3) is 0 Å². The van der Waals surface area contributed by atoms with E-state index in [1.165, 1.54) is 18.2 Å². The summed E-state index contributed by atoms with van der Waals surface area (Å²) in [6.07, 6.45) is 0.671. The zero-order valence-corrected chi connectivity index (χ0v) is 9.27. The fourth-order valence-corrected chi connectivity index (χ4v) is 1.24. The molecular formula is C11H14N2O3. The van der Waals surface area contributed by atoms with Gasteiger partial charge in [0.05, 0.1) is 4.92 Å². The van der Waals surface area contributed by atoms with E-state index in [0.717, 1.165) is 0 Å². The molecule has 0 amide bonds. The average Bonchev–Trinajstić information content (AvgIpc) is 2.25. The normalized spacial score (nSPS) is 10.2. The highest BCUT2D eigenvalue weighted by molar-refractivity contribution is 5.79. The van der Waals surface area contributed by atoms with Crippen LogP contribution in [0.4, 0.5) is 11.4 Å². The van der Waals surface area contributed by atoms with Crippen LogP contribution in [0.3, 0.4) is 0 Å². The Labute approximate surface area is 93.6 Å². The molecule has 5 heteroatoms. The van der Waals surface area contributed by atoms with E-state index in [9.17, 15) is 14.9 Å². The second-order valence-electron chi connectivity index (χ2n) is 3.93. The van der Waals surface area contributed by atoms with Crippen molar-refractivity contribution in [3.8, 4) is 0 Å². The van der Waals surface area contributed by atoms with E-state index in [2.05, 4.69) is 5.32 Å². The van der Waals surface area contributed by atoms with Gasteiger partial charge in [0.25, 0.3) is 5.69 Å². The smallest absolute Gasteiger partial charge is 0.292 e. The summed E-state index contributed by atoms with van der Waals surface area (Å²) in [5.74, 6) is 0.375. The van der Waals surface area contributed by atoms with Crippen LogP contribution in [0.1, 0.15) is 24.2 Å². The number of nitro benzene ring substituents is 1. The molecule has 0 aliphatic rings. The molecule has 1 N–H and O–H groups in total. The number of anilines is 1. The molecule has 0 atom stereocenters. The maximum atomic E-state index is 10.7. The Hall–Kier alpha value is -1.91. The summed E-state index contributed by atoms with van der Waals surface area (Å²) in [6.45, 7) is 4.63. The molecule has 0 aliphatic carbocycles. The third-order valence-electron chi connectivity index (χ3n) is 2.05. The van der Waals surface area contributed by atoms with Gasteiger partial charge >= 0.3 is 0 Å². The molecular weight excluding hydrogens is 208 g/mol. The van der Waals surface area contributed by atoms with Crippen molar-refractivity contribution < 1.29 is 9.72 Å². The van der Waals surface area contributed by atoms with Crippen molar-refractivity contribution in [3.63, 3.8) is 0 Å². The number of carbonyl (C=O) groups is 1. The number of rotatable bonds is 5. The zero-order chi connectivity index (χ0) is 12.1. The summed E-state index contributed by atoms with van der Waals surface area (Å²) in [6, 6.07) is 4.27. The summed E-state index contributed by atoms with van der Waals surface area (Å²) in [5.41, 5.74) is 0.811. The lowest BCUT2D eigenvalue weighted by Crippen LogP contribution is -2.09. The number of benzene rings is 1. The molecule has 0 bridgehead atoms. The van der Waals surface area contributed by atoms with Crippen molar-refractivity contribution >= 4 is 17.7 Å². The van der Waals surface area contributed by atoms with Gasteiger partial charge < -0.3 is 5.32 Å². The van der Waals surface area contributed by atoms with Crippen LogP contribution >= 0.6 is 0 Å². The molecule has 1 rings (SSSR count). The quantitative estimate of drug-likeness (QED) is 0.472. The van der Waals surface area contributed by atoms with Crippen molar-refractivity contribution in [2.45, 2.75) is 13.8 Å². The van der Waals surface area contributed by atoms with Gasteiger partial charge in [-0.05, 0) is 18.1 Å². The first kappa shape index (κ1) is 12.2. The molecule has 0 heterocycles. The van der Waals surface area contributed by atoms with Gasteiger partial charge in [-0.1, -0.05) is 13.8 Å². The molecule has 16 heavy (non-hydrogen) atoms. The van der Waals surface area contributed by atoms with Gasteiger partial charge in [-0.3, -0.25) is 14.9 Å². The minimum atomic E-state index is -0.461. The van der Waals surface area contributed by atoms with E-state index >= 15 is 0 Å². The molecule has 1 aromatic carbocycles. The Morgan fingerprint density at radius 2 is 2.19 bits per heavy atom. The molecule has 0 aromatic heterocycles. The van der Waals surface area contributed by atoms with Gasteiger partial charge in [0, 0.05) is 18.2 Å². The van der Waals surface area contributed by atoms with E-state index in [1.807, 2.05) is 13.8 Å². The maximum absolute atomic E-state index is 10.7. The van der Waals surface area contributed by atoms with Crippen LogP contribution in [0.5, 0.6) is 0 Å². The van der Waals surface area contributed by atoms with E-state index in [1.54, 1.807) is 0 Å². The Morgan fingerprint density at radius 3 is 2.69 bits per heavy atom. The first-order valence-corrected chi connectivity index (χ1v) is 5.02. The number of nitro groups is 1. The molecule has 0 fully saturated rings. The Kier molecular flexibility index (Phi) is 3.99. The van der Waals surface area contributed by atoms with Crippen molar-refractivity contribution in [2.75, 3.05) is 11.9 Å².